The van der Waals surface area contributed by atoms with E-state index in [0.29, 0.717) is 34.6 Å². The molecule has 0 aliphatic heterocycles. The monoisotopic (exact) mass is 351 g/mol. The molecule has 0 unspecified atom stereocenters. The minimum absolute atomic E-state index is 0.114. The van der Waals surface area contributed by atoms with Crippen LogP contribution in [0.5, 0.6) is 5.75 Å². The molecule has 132 valence electrons. The lowest BCUT2D eigenvalue weighted by atomic mass is 10.1. The Morgan fingerprint density at radius 2 is 1.92 bits per heavy atom. The number of rotatable bonds is 5. The van der Waals surface area contributed by atoms with Crippen LogP contribution in [0.4, 0.5) is 5.69 Å². The average molecular weight is 351 g/mol. The molecular formula is C20H17NO5. The van der Waals surface area contributed by atoms with E-state index in [2.05, 4.69) is 5.32 Å². The Bertz CT molecular complexity index is 1050. The molecular weight excluding hydrogens is 334 g/mol. The molecule has 1 aromatic heterocycles. The van der Waals surface area contributed by atoms with Gasteiger partial charge in [0.15, 0.2) is 5.78 Å². The van der Waals surface area contributed by atoms with Gasteiger partial charge in [-0.2, -0.15) is 0 Å². The Labute approximate surface area is 149 Å². The normalized spacial score (nSPS) is 10.5. The molecule has 0 spiro atoms. The highest BCUT2D eigenvalue weighted by molar-refractivity contribution is 6.06. The molecule has 0 saturated carbocycles. The maximum Gasteiger partial charge on any atom is 0.349 e. The Morgan fingerprint density at radius 3 is 2.65 bits per heavy atom. The van der Waals surface area contributed by atoms with E-state index in [-0.39, 0.29) is 11.3 Å². The largest absolute Gasteiger partial charge is 0.494 e. The molecule has 3 rings (SSSR count). The Kier molecular flexibility index (Phi) is 4.84. The fourth-order valence-corrected chi connectivity index (χ4v) is 2.52. The van der Waals surface area contributed by atoms with Gasteiger partial charge in [-0.25, -0.2) is 4.79 Å². The van der Waals surface area contributed by atoms with Crippen LogP contribution in [0.3, 0.4) is 0 Å². The standard InChI is InChI=1S/C20H17NO5/c1-3-25-16-8-7-14-10-17(20(24)26-18(14)11-16)19(23)21-15-6-4-5-13(9-15)12(2)22/h4-11H,3H2,1-2H3,(H,21,23). The summed E-state index contributed by atoms with van der Waals surface area (Å²) >= 11 is 0. The van der Waals surface area contributed by atoms with Gasteiger partial charge in [0.25, 0.3) is 5.91 Å². The van der Waals surface area contributed by atoms with Gasteiger partial charge in [-0.1, -0.05) is 12.1 Å². The lowest BCUT2D eigenvalue weighted by molar-refractivity contribution is 0.100. The van der Waals surface area contributed by atoms with E-state index in [1.807, 2.05) is 6.92 Å². The zero-order valence-electron chi connectivity index (χ0n) is 14.4. The van der Waals surface area contributed by atoms with Crippen LogP contribution >= 0.6 is 0 Å². The fraction of sp³-hybridized carbons (Fsp3) is 0.150. The third-order valence-corrected chi connectivity index (χ3v) is 3.79. The van der Waals surface area contributed by atoms with Gasteiger partial charge in [-0.05, 0) is 44.2 Å². The van der Waals surface area contributed by atoms with E-state index in [9.17, 15) is 14.4 Å². The van der Waals surface area contributed by atoms with Crippen LogP contribution in [0.15, 0.2) is 57.7 Å². The van der Waals surface area contributed by atoms with Gasteiger partial charge in [0.1, 0.15) is 16.9 Å². The number of fused-ring (bicyclic) bond motifs is 1. The zero-order valence-corrected chi connectivity index (χ0v) is 14.4. The van der Waals surface area contributed by atoms with E-state index in [1.165, 1.54) is 13.0 Å². The molecule has 0 bridgehead atoms. The van der Waals surface area contributed by atoms with E-state index in [4.69, 9.17) is 9.15 Å². The Balaban J connectivity index is 1.92. The lowest BCUT2D eigenvalue weighted by Crippen LogP contribution is -2.20. The summed E-state index contributed by atoms with van der Waals surface area (Å²) in [5.41, 5.74) is 0.378. The first-order valence-corrected chi connectivity index (χ1v) is 8.11. The number of anilines is 1. The van der Waals surface area contributed by atoms with Gasteiger partial charge >= 0.3 is 5.63 Å². The second-order valence-corrected chi connectivity index (χ2v) is 5.67. The second kappa shape index (κ2) is 7.23. The lowest BCUT2D eigenvalue weighted by Gasteiger charge is -2.07. The van der Waals surface area contributed by atoms with Crippen LogP contribution in [-0.2, 0) is 0 Å². The zero-order chi connectivity index (χ0) is 18.7. The molecule has 1 heterocycles. The summed E-state index contributed by atoms with van der Waals surface area (Å²) in [6.07, 6.45) is 0. The molecule has 0 saturated heterocycles. The second-order valence-electron chi connectivity index (χ2n) is 5.67. The summed E-state index contributed by atoms with van der Waals surface area (Å²) in [4.78, 5) is 36.1. The van der Waals surface area contributed by atoms with Crippen molar-refractivity contribution in [2.75, 3.05) is 11.9 Å². The fourth-order valence-electron chi connectivity index (χ4n) is 2.52. The number of carbonyl (C=O) groups is 2. The summed E-state index contributed by atoms with van der Waals surface area (Å²) in [7, 11) is 0. The summed E-state index contributed by atoms with van der Waals surface area (Å²) in [5, 5.41) is 3.22. The van der Waals surface area contributed by atoms with Crippen molar-refractivity contribution in [1.29, 1.82) is 0 Å². The minimum Gasteiger partial charge on any atom is -0.494 e. The van der Waals surface area contributed by atoms with Crippen LogP contribution in [0.25, 0.3) is 11.0 Å². The van der Waals surface area contributed by atoms with Gasteiger partial charge < -0.3 is 14.5 Å². The highest BCUT2D eigenvalue weighted by Gasteiger charge is 2.15. The predicted molar refractivity (Wildman–Crippen MR) is 98.1 cm³/mol. The molecule has 1 amide bonds. The molecule has 1 N–H and O–H groups in total. The first-order valence-electron chi connectivity index (χ1n) is 8.11. The maximum absolute atomic E-state index is 12.4. The van der Waals surface area contributed by atoms with Crippen molar-refractivity contribution in [3.8, 4) is 5.75 Å². The van der Waals surface area contributed by atoms with Gasteiger partial charge in [0, 0.05) is 22.7 Å². The van der Waals surface area contributed by atoms with Crippen molar-refractivity contribution in [2.24, 2.45) is 0 Å². The van der Waals surface area contributed by atoms with Gasteiger partial charge in [-0.3, -0.25) is 9.59 Å². The Morgan fingerprint density at radius 1 is 1.12 bits per heavy atom. The number of benzene rings is 2. The molecule has 0 aliphatic carbocycles. The molecule has 6 nitrogen and oxygen atoms in total. The van der Waals surface area contributed by atoms with Crippen molar-refractivity contribution in [1.82, 2.24) is 0 Å². The van der Waals surface area contributed by atoms with Crippen molar-refractivity contribution >= 4 is 28.3 Å². The SMILES string of the molecule is CCOc1ccc2cc(C(=O)Nc3cccc(C(C)=O)c3)c(=O)oc2c1. The first kappa shape index (κ1) is 17.4. The number of ether oxygens (including phenoxy) is 1. The average Bonchev–Trinajstić information content (AvgIpc) is 2.61. The van der Waals surface area contributed by atoms with Crippen LogP contribution in [0, 0.1) is 0 Å². The van der Waals surface area contributed by atoms with Gasteiger partial charge in [0.2, 0.25) is 0 Å². The highest BCUT2D eigenvalue weighted by Crippen LogP contribution is 2.21. The van der Waals surface area contributed by atoms with Crippen molar-refractivity contribution < 1.29 is 18.7 Å². The number of carbonyl (C=O) groups excluding carboxylic acids is 2. The quantitative estimate of drug-likeness (QED) is 0.560. The number of nitrogens with one attached hydrogen (secondary N) is 1. The molecule has 0 atom stereocenters. The molecule has 3 aromatic rings. The van der Waals surface area contributed by atoms with E-state index in [1.54, 1.807) is 42.5 Å². The molecule has 26 heavy (non-hydrogen) atoms. The van der Waals surface area contributed by atoms with Gasteiger partial charge in [0.05, 0.1) is 6.61 Å². The maximum atomic E-state index is 12.4. The minimum atomic E-state index is -0.744. The number of hydrogen-bond acceptors (Lipinski definition) is 5. The topological polar surface area (TPSA) is 85.6 Å². The third-order valence-electron chi connectivity index (χ3n) is 3.79. The number of amides is 1. The molecule has 0 radical (unpaired) electrons. The van der Waals surface area contributed by atoms with E-state index >= 15 is 0 Å². The van der Waals surface area contributed by atoms with Crippen molar-refractivity contribution in [3.05, 3.63) is 70.1 Å². The van der Waals surface area contributed by atoms with Crippen LogP contribution in [0.1, 0.15) is 34.6 Å². The predicted octanol–water partition coefficient (Wildman–Crippen LogP) is 3.65. The molecule has 2 aromatic carbocycles. The van der Waals surface area contributed by atoms with Crippen molar-refractivity contribution in [3.63, 3.8) is 0 Å². The summed E-state index contributed by atoms with van der Waals surface area (Å²) < 4.78 is 10.6. The van der Waals surface area contributed by atoms with Crippen molar-refractivity contribution in [2.45, 2.75) is 13.8 Å². The van der Waals surface area contributed by atoms with E-state index in [0.717, 1.165) is 0 Å². The highest BCUT2D eigenvalue weighted by atomic mass is 16.5. The van der Waals surface area contributed by atoms with Crippen LogP contribution < -0.4 is 15.7 Å². The molecule has 0 aliphatic rings. The first-order chi connectivity index (χ1) is 12.5. The summed E-state index contributed by atoms with van der Waals surface area (Å²) in [6, 6.07) is 13.0. The summed E-state index contributed by atoms with van der Waals surface area (Å²) in [5.74, 6) is -0.131. The number of Topliss-reactive ketones (excluding diaryl/α,β-unsaturated/α-hetero) is 1. The van der Waals surface area contributed by atoms with Crippen LogP contribution in [-0.4, -0.2) is 18.3 Å². The number of hydrogen-bond donors (Lipinski definition) is 1. The third kappa shape index (κ3) is 3.64. The smallest absolute Gasteiger partial charge is 0.349 e. The Hall–Kier alpha value is -3.41. The molecule has 0 fully saturated rings. The van der Waals surface area contributed by atoms with Crippen LogP contribution in [0.2, 0.25) is 0 Å². The van der Waals surface area contributed by atoms with E-state index < -0.39 is 11.5 Å². The van der Waals surface area contributed by atoms with Gasteiger partial charge in [-0.15, -0.1) is 0 Å². The number of ketones is 1. The molecule has 6 heteroatoms. The summed E-state index contributed by atoms with van der Waals surface area (Å²) in [6.45, 7) is 3.79.